The van der Waals surface area contributed by atoms with Crippen molar-refractivity contribution in [2.45, 2.75) is 29.7 Å². The molecular formula is C14H20N2OS. The number of amides is 1. The van der Waals surface area contributed by atoms with Gasteiger partial charge in [-0.3, -0.25) is 4.79 Å². The molecule has 0 aromatic heterocycles. The van der Waals surface area contributed by atoms with Gasteiger partial charge >= 0.3 is 0 Å². The summed E-state index contributed by atoms with van der Waals surface area (Å²) in [5.74, 6) is -0.0336. The van der Waals surface area contributed by atoms with E-state index in [2.05, 4.69) is 36.9 Å². The first-order chi connectivity index (χ1) is 8.55. The fourth-order valence-electron chi connectivity index (χ4n) is 2.37. The Labute approximate surface area is 114 Å². The number of carbonyl (C=O) groups excluding carboxylic acids is 1. The van der Waals surface area contributed by atoms with E-state index in [1.807, 2.05) is 18.2 Å². The molecule has 98 valence electrons. The predicted octanol–water partition coefficient (Wildman–Crippen LogP) is 2.19. The molecule has 0 heterocycles. The molecule has 1 fully saturated rings. The number of benzene rings is 1. The second-order valence-electron chi connectivity index (χ2n) is 5.17. The minimum absolute atomic E-state index is 0.0336. The van der Waals surface area contributed by atoms with E-state index in [9.17, 15) is 4.79 Å². The molecule has 1 aromatic rings. The Balaban J connectivity index is 1.99. The van der Waals surface area contributed by atoms with Crippen LogP contribution in [-0.4, -0.2) is 37.0 Å². The average molecular weight is 264 g/mol. The molecule has 4 heteroatoms. The zero-order valence-corrected chi connectivity index (χ0v) is 11.8. The van der Waals surface area contributed by atoms with E-state index < -0.39 is 0 Å². The fourth-order valence-corrected chi connectivity index (χ4v) is 2.63. The minimum Gasteiger partial charge on any atom is -0.350 e. The topological polar surface area (TPSA) is 32.3 Å². The van der Waals surface area contributed by atoms with Crippen molar-refractivity contribution in [2.24, 2.45) is 0 Å². The van der Waals surface area contributed by atoms with Crippen LogP contribution in [0.4, 0.5) is 0 Å². The van der Waals surface area contributed by atoms with Gasteiger partial charge in [-0.15, -0.1) is 12.6 Å². The van der Waals surface area contributed by atoms with Gasteiger partial charge in [0.05, 0.1) is 5.56 Å². The monoisotopic (exact) mass is 264 g/mol. The van der Waals surface area contributed by atoms with Crippen LogP contribution in [0, 0.1) is 0 Å². The Hall–Kier alpha value is -1.00. The number of likely N-dealkylation sites (N-methyl/N-ethyl adjacent to an activating group) is 1. The number of hydrogen-bond acceptors (Lipinski definition) is 3. The molecule has 0 bridgehead atoms. The van der Waals surface area contributed by atoms with Crippen LogP contribution >= 0.6 is 12.6 Å². The zero-order chi connectivity index (χ0) is 13.2. The summed E-state index contributed by atoms with van der Waals surface area (Å²) in [7, 11) is 4.16. The molecule has 2 rings (SSSR count). The number of nitrogens with one attached hydrogen (secondary N) is 1. The van der Waals surface area contributed by atoms with Crippen LogP contribution in [-0.2, 0) is 0 Å². The van der Waals surface area contributed by atoms with Crippen LogP contribution in [0.25, 0.3) is 0 Å². The number of carbonyl (C=O) groups is 1. The highest BCUT2D eigenvalue weighted by molar-refractivity contribution is 7.80. The molecule has 1 aromatic carbocycles. The smallest absolute Gasteiger partial charge is 0.252 e. The molecule has 3 nitrogen and oxygen atoms in total. The van der Waals surface area contributed by atoms with Crippen molar-refractivity contribution in [3.63, 3.8) is 0 Å². The summed E-state index contributed by atoms with van der Waals surface area (Å²) in [6.07, 6.45) is 3.56. The van der Waals surface area contributed by atoms with Gasteiger partial charge in [0.15, 0.2) is 0 Å². The van der Waals surface area contributed by atoms with Crippen LogP contribution in [0.2, 0.25) is 0 Å². The number of hydrogen-bond donors (Lipinski definition) is 2. The molecule has 1 aliphatic rings. The van der Waals surface area contributed by atoms with Gasteiger partial charge < -0.3 is 10.2 Å². The molecule has 0 radical (unpaired) electrons. The molecule has 1 aliphatic carbocycles. The van der Waals surface area contributed by atoms with Crippen molar-refractivity contribution in [3.8, 4) is 0 Å². The summed E-state index contributed by atoms with van der Waals surface area (Å²) < 4.78 is 0. The molecule has 1 amide bonds. The lowest BCUT2D eigenvalue weighted by Crippen LogP contribution is -2.57. The van der Waals surface area contributed by atoms with Crippen molar-refractivity contribution in [2.75, 3.05) is 20.6 Å². The van der Waals surface area contributed by atoms with Gasteiger partial charge in [0.1, 0.15) is 0 Å². The first-order valence-electron chi connectivity index (χ1n) is 6.29. The Bertz CT molecular complexity index is 441. The molecule has 0 atom stereocenters. The fraction of sp³-hybridized carbons (Fsp3) is 0.500. The summed E-state index contributed by atoms with van der Waals surface area (Å²) in [6.45, 7) is 0.709. The zero-order valence-electron chi connectivity index (χ0n) is 10.9. The number of nitrogens with zero attached hydrogens (tertiary/aromatic N) is 1. The third-order valence-electron chi connectivity index (χ3n) is 3.96. The third kappa shape index (κ3) is 2.54. The highest BCUT2D eigenvalue weighted by Gasteiger charge is 2.39. The summed E-state index contributed by atoms with van der Waals surface area (Å²) in [6, 6.07) is 7.38. The van der Waals surface area contributed by atoms with Crippen LogP contribution in [0.5, 0.6) is 0 Å². The Morgan fingerprint density at radius 2 is 2.06 bits per heavy atom. The van der Waals surface area contributed by atoms with Gasteiger partial charge in [0.25, 0.3) is 5.91 Å². The van der Waals surface area contributed by atoms with E-state index in [-0.39, 0.29) is 11.4 Å². The predicted molar refractivity (Wildman–Crippen MR) is 76.3 cm³/mol. The highest BCUT2D eigenvalue weighted by atomic mass is 32.1. The molecule has 1 N–H and O–H groups in total. The van der Waals surface area contributed by atoms with Crippen molar-refractivity contribution in [1.29, 1.82) is 0 Å². The Kier molecular flexibility index (Phi) is 3.97. The van der Waals surface area contributed by atoms with Crippen molar-refractivity contribution in [1.82, 2.24) is 10.2 Å². The van der Waals surface area contributed by atoms with Crippen LogP contribution in [0.3, 0.4) is 0 Å². The number of thiol groups is 1. The first-order valence-corrected chi connectivity index (χ1v) is 6.73. The van der Waals surface area contributed by atoms with Crippen LogP contribution in [0.1, 0.15) is 29.6 Å². The van der Waals surface area contributed by atoms with Gasteiger partial charge in [-0.25, -0.2) is 0 Å². The molecule has 0 saturated heterocycles. The van der Waals surface area contributed by atoms with Crippen molar-refractivity contribution < 1.29 is 4.79 Å². The van der Waals surface area contributed by atoms with Crippen LogP contribution in [0.15, 0.2) is 29.2 Å². The summed E-state index contributed by atoms with van der Waals surface area (Å²) in [5.41, 5.74) is 0.801. The molecular weight excluding hydrogens is 244 g/mol. The lowest BCUT2D eigenvalue weighted by molar-refractivity contribution is 0.0557. The van der Waals surface area contributed by atoms with Gasteiger partial charge in [0, 0.05) is 17.0 Å². The average Bonchev–Trinajstić information content (AvgIpc) is 2.27. The number of rotatable bonds is 4. The SMILES string of the molecule is CN(C)C1(CNC(=O)c2ccccc2S)CCC1. The largest absolute Gasteiger partial charge is 0.350 e. The normalized spacial score (nSPS) is 17.3. The first kappa shape index (κ1) is 13.4. The van der Waals surface area contributed by atoms with Gasteiger partial charge in [-0.1, -0.05) is 12.1 Å². The van der Waals surface area contributed by atoms with Crippen LogP contribution < -0.4 is 5.32 Å². The van der Waals surface area contributed by atoms with Gasteiger partial charge in [-0.2, -0.15) is 0 Å². The molecule has 1 saturated carbocycles. The Morgan fingerprint density at radius 3 is 2.56 bits per heavy atom. The van der Waals surface area contributed by atoms with Crippen molar-refractivity contribution >= 4 is 18.5 Å². The van der Waals surface area contributed by atoms with Gasteiger partial charge in [-0.05, 0) is 45.5 Å². The second-order valence-corrected chi connectivity index (χ2v) is 5.65. The summed E-state index contributed by atoms with van der Waals surface area (Å²) >= 11 is 4.31. The van der Waals surface area contributed by atoms with E-state index in [0.717, 1.165) is 17.7 Å². The highest BCUT2D eigenvalue weighted by Crippen LogP contribution is 2.35. The van der Waals surface area contributed by atoms with E-state index in [0.29, 0.717) is 12.1 Å². The quantitative estimate of drug-likeness (QED) is 0.817. The molecule has 0 aliphatic heterocycles. The molecule has 18 heavy (non-hydrogen) atoms. The minimum atomic E-state index is -0.0336. The van der Waals surface area contributed by atoms with E-state index in [1.165, 1.54) is 6.42 Å². The second kappa shape index (κ2) is 5.33. The van der Waals surface area contributed by atoms with E-state index in [1.54, 1.807) is 6.07 Å². The maximum absolute atomic E-state index is 12.1. The van der Waals surface area contributed by atoms with E-state index >= 15 is 0 Å². The summed E-state index contributed by atoms with van der Waals surface area (Å²) in [5, 5.41) is 3.03. The molecule has 0 unspecified atom stereocenters. The Morgan fingerprint density at radius 1 is 1.39 bits per heavy atom. The van der Waals surface area contributed by atoms with E-state index in [4.69, 9.17) is 0 Å². The standard InChI is InChI=1S/C14H20N2OS/c1-16(2)14(8-5-9-14)10-15-13(17)11-6-3-4-7-12(11)18/h3-4,6-7,18H,5,8-10H2,1-2H3,(H,15,17). The molecule has 0 spiro atoms. The van der Waals surface area contributed by atoms with Gasteiger partial charge in [0.2, 0.25) is 0 Å². The lowest BCUT2D eigenvalue weighted by atomic mass is 9.75. The summed E-state index contributed by atoms with van der Waals surface area (Å²) in [4.78, 5) is 15.0. The third-order valence-corrected chi connectivity index (χ3v) is 4.35. The van der Waals surface area contributed by atoms with Crippen molar-refractivity contribution in [3.05, 3.63) is 29.8 Å². The lowest BCUT2D eigenvalue weighted by Gasteiger charge is -2.47. The maximum atomic E-state index is 12.1. The maximum Gasteiger partial charge on any atom is 0.252 e.